The van der Waals surface area contributed by atoms with Crippen LogP contribution in [0.15, 0.2) is 35.4 Å². The van der Waals surface area contributed by atoms with Crippen molar-refractivity contribution < 1.29 is 9.32 Å². The van der Waals surface area contributed by atoms with E-state index in [-0.39, 0.29) is 28.6 Å². The molecule has 0 atom stereocenters. The predicted octanol–water partition coefficient (Wildman–Crippen LogP) is 2.60. The molecule has 182 valence electrons. The molecule has 1 saturated heterocycles. The Bertz CT molecular complexity index is 1400. The number of fused-ring (bicyclic) bond motifs is 1. The lowest BCUT2D eigenvalue weighted by Crippen LogP contribution is -2.52. The number of aromatic nitrogens is 7. The zero-order valence-electron chi connectivity index (χ0n) is 20.4. The van der Waals surface area contributed by atoms with Crippen LogP contribution < -0.4 is 10.2 Å². The van der Waals surface area contributed by atoms with Gasteiger partial charge in [0.25, 0.3) is 11.7 Å². The molecule has 1 amide bonds. The summed E-state index contributed by atoms with van der Waals surface area (Å²) < 4.78 is 8.92. The number of hydrogen-bond acceptors (Lipinski definition) is 8. The fraction of sp³-hybridized carbons (Fsp3) is 0.500. The van der Waals surface area contributed by atoms with Crippen molar-refractivity contribution in [3.63, 3.8) is 0 Å². The van der Waals surface area contributed by atoms with Crippen LogP contribution in [-0.2, 0) is 12.5 Å². The Kier molecular flexibility index (Phi) is 4.74. The fourth-order valence-corrected chi connectivity index (χ4v) is 5.24. The maximum atomic E-state index is 12.6. The van der Waals surface area contributed by atoms with E-state index in [1.807, 2.05) is 57.0 Å². The third-order valence-corrected chi connectivity index (χ3v) is 7.07. The summed E-state index contributed by atoms with van der Waals surface area (Å²) in [5.74, 6) is 1.23. The standard InChI is InChI=1S/C24H29N9O2/c1-23(2,3)22-29-19(30-35-22)21(34)27-16-9-24(10-16)6-8-32(14-24)20-18-5-7-25-33(18)13-17(28-20)15-11-26-31(4)12-15/h5,7,11-13,16H,6,8-10,14H2,1-4H3,(H,27,34)/t16-,24+. The lowest BCUT2D eigenvalue weighted by atomic mass is 9.65. The second-order valence-corrected chi connectivity index (χ2v) is 10.9. The maximum absolute atomic E-state index is 12.6. The minimum absolute atomic E-state index is 0.100. The van der Waals surface area contributed by atoms with E-state index < -0.39 is 0 Å². The molecule has 4 aromatic rings. The molecule has 2 fully saturated rings. The Morgan fingerprint density at radius 3 is 2.74 bits per heavy atom. The predicted molar refractivity (Wildman–Crippen MR) is 128 cm³/mol. The molecule has 4 aromatic heterocycles. The Morgan fingerprint density at radius 1 is 1.20 bits per heavy atom. The topological polar surface area (TPSA) is 119 Å². The van der Waals surface area contributed by atoms with Crippen LogP contribution in [0.2, 0.25) is 0 Å². The van der Waals surface area contributed by atoms with Gasteiger partial charge in [-0.1, -0.05) is 25.9 Å². The van der Waals surface area contributed by atoms with E-state index in [2.05, 4.69) is 30.6 Å². The SMILES string of the molecule is Cn1cc(-c2cn3nccc3c(N3CC[C@]4(C3)C[C@@H](NC(=O)c3noc(C(C)(C)C)n3)C4)n2)cn1. The van der Waals surface area contributed by atoms with Crippen LogP contribution >= 0.6 is 0 Å². The number of hydrogen-bond donors (Lipinski definition) is 1. The summed E-state index contributed by atoms with van der Waals surface area (Å²) in [7, 11) is 1.90. The summed E-state index contributed by atoms with van der Waals surface area (Å²) in [6.45, 7) is 7.75. The molecule has 11 nitrogen and oxygen atoms in total. The van der Waals surface area contributed by atoms with Crippen LogP contribution in [0.4, 0.5) is 5.82 Å². The van der Waals surface area contributed by atoms with Crippen molar-refractivity contribution in [3.8, 4) is 11.3 Å². The van der Waals surface area contributed by atoms with E-state index in [0.29, 0.717) is 5.89 Å². The molecule has 0 radical (unpaired) electrons. The van der Waals surface area contributed by atoms with Crippen molar-refractivity contribution in [2.24, 2.45) is 12.5 Å². The summed E-state index contributed by atoms with van der Waals surface area (Å²) in [4.78, 5) is 24.3. The third kappa shape index (κ3) is 3.84. The molecule has 6 rings (SSSR count). The number of carbonyl (C=O) groups excluding carboxylic acids is 1. The van der Waals surface area contributed by atoms with Gasteiger partial charge in [0.1, 0.15) is 5.52 Å². The molecule has 0 bridgehead atoms. The van der Waals surface area contributed by atoms with Crippen molar-refractivity contribution in [3.05, 3.63) is 42.6 Å². The van der Waals surface area contributed by atoms with Gasteiger partial charge in [-0.05, 0) is 30.7 Å². The summed E-state index contributed by atoms with van der Waals surface area (Å²) in [6.07, 6.45) is 10.4. The lowest BCUT2D eigenvalue weighted by Gasteiger charge is -2.45. The molecule has 1 N–H and O–H groups in total. The van der Waals surface area contributed by atoms with Gasteiger partial charge < -0.3 is 14.7 Å². The monoisotopic (exact) mass is 475 g/mol. The molecule has 11 heteroatoms. The highest BCUT2D eigenvalue weighted by atomic mass is 16.5. The van der Waals surface area contributed by atoms with Gasteiger partial charge in [0.2, 0.25) is 5.89 Å². The average Bonchev–Trinajstić information content (AvgIpc) is 3.56. The first-order valence-electron chi connectivity index (χ1n) is 11.9. The van der Waals surface area contributed by atoms with Crippen molar-refractivity contribution in [1.29, 1.82) is 0 Å². The molecule has 1 spiro atoms. The zero-order chi connectivity index (χ0) is 24.4. The largest absolute Gasteiger partial charge is 0.354 e. The second-order valence-electron chi connectivity index (χ2n) is 10.9. The number of amides is 1. The van der Waals surface area contributed by atoms with Gasteiger partial charge in [-0.15, -0.1) is 0 Å². The summed E-state index contributed by atoms with van der Waals surface area (Å²) in [5, 5.41) is 15.7. The van der Waals surface area contributed by atoms with Crippen LogP contribution in [0.1, 0.15) is 56.5 Å². The normalized spacial score (nSPS) is 22.2. The van der Waals surface area contributed by atoms with Crippen LogP contribution in [0.5, 0.6) is 0 Å². The Balaban J connectivity index is 1.14. The van der Waals surface area contributed by atoms with Crippen LogP contribution in [0.3, 0.4) is 0 Å². The van der Waals surface area contributed by atoms with Gasteiger partial charge in [0.15, 0.2) is 5.82 Å². The Morgan fingerprint density at radius 2 is 2.03 bits per heavy atom. The molecular weight excluding hydrogens is 446 g/mol. The van der Waals surface area contributed by atoms with Crippen LogP contribution in [0, 0.1) is 5.41 Å². The first-order valence-corrected chi connectivity index (χ1v) is 11.9. The molecule has 1 aliphatic carbocycles. The molecule has 1 aliphatic heterocycles. The number of nitrogens with one attached hydrogen (secondary N) is 1. The van der Waals surface area contributed by atoms with Gasteiger partial charge in [0, 0.05) is 43.4 Å². The summed E-state index contributed by atoms with van der Waals surface area (Å²) >= 11 is 0. The molecule has 35 heavy (non-hydrogen) atoms. The van der Waals surface area contributed by atoms with E-state index in [0.717, 1.165) is 54.9 Å². The first-order chi connectivity index (χ1) is 16.7. The molecule has 0 aromatic carbocycles. The Labute approximate surface area is 202 Å². The van der Waals surface area contributed by atoms with Gasteiger partial charge in [-0.2, -0.15) is 15.2 Å². The minimum atomic E-state index is -0.289. The number of aryl methyl sites for hydroxylation is 1. The summed E-state index contributed by atoms with van der Waals surface area (Å²) in [5.41, 5.74) is 2.68. The summed E-state index contributed by atoms with van der Waals surface area (Å²) in [6, 6.07) is 2.12. The van der Waals surface area contributed by atoms with Gasteiger partial charge in [-0.25, -0.2) is 9.50 Å². The molecule has 0 unspecified atom stereocenters. The van der Waals surface area contributed by atoms with Crippen LogP contribution in [0.25, 0.3) is 16.8 Å². The zero-order valence-corrected chi connectivity index (χ0v) is 20.4. The molecule has 1 saturated carbocycles. The third-order valence-electron chi connectivity index (χ3n) is 7.07. The van der Waals surface area contributed by atoms with E-state index in [4.69, 9.17) is 9.51 Å². The molecule has 2 aliphatic rings. The smallest absolute Gasteiger partial charge is 0.292 e. The van der Waals surface area contributed by atoms with Gasteiger partial charge >= 0.3 is 0 Å². The maximum Gasteiger partial charge on any atom is 0.292 e. The Hall–Kier alpha value is -3.76. The van der Waals surface area contributed by atoms with Crippen molar-refractivity contribution in [2.75, 3.05) is 18.0 Å². The van der Waals surface area contributed by atoms with Gasteiger partial charge in [0.05, 0.1) is 24.3 Å². The highest BCUT2D eigenvalue weighted by Gasteiger charge is 2.49. The van der Waals surface area contributed by atoms with E-state index in [1.54, 1.807) is 10.9 Å². The van der Waals surface area contributed by atoms with Crippen LogP contribution in [-0.4, -0.2) is 59.6 Å². The van der Waals surface area contributed by atoms with Crippen molar-refractivity contribution in [2.45, 2.75) is 51.5 Å². The lowest BCUT2D eigenvalue weighted by molar-refractivity contribution is 0.0745. The van der Waals surface area contributed by atoms with Crippen molar-refractivity contribution >= 4 is 17.2 Å². The highest BCUT2D eigenvalue weighted by Crippen LogP contribution is 2.49. The fourth-order valence-electron chi connectivity index (χ4n) is 5.24. The van der Waals surface area contributed by atoms with E-state index >= 15 is 0 Å². The minimum Gasteiger partial charge on any atom is -0.354 e. The number of rotatable bonds is 4. The second kappa shape index (κ2) is 7.62. The van der Waals surface area contributed by atoms with E-state index in [1.165, 1.54) is 0 Å². The molecule has 5 heterocycles. The molecular formula is C24H29N9O2. The number of carbonyl (C=O) groups is 1. The highest BCUT2D eigenvalue weighted by molar-refractivity contribution is 5.90. The number of nitrogens with zero attached hydrogens (tertiary/aromatic N) is 8. The van der Waals surface area contributed by atoms with Gasteiger partial charge in [-0.3, -0.25) is 9.48 Å². The average molecular weight is 476 g/mol. The number of anilines is 1. The van der Waals surface area contributed by atoms with Crippen molar-refractivity contribution in [1.82, 2.24) is 39.8 Å². The quantitative estimate of drug-likeness (QED) is 0.478. The first kappa shape index (κ1) is 21.8. The van der Waals surface area contributed by atoms with E-state index in [9.17, 15) is 4.79 Å².